The summed E-state index contributed by atoms with van der Waals surface area (Å²) >= 11 is 0. The Morgan fingerprint density at radius 1 is 1.28 bits per heavy atom. The van der Waals surface area contributed by atoms with Gasteiger partial charge in [-0.05, 0) is 37.7 Å². The Labute approximate surface area is 108 Å². The lowest BCUT2D eigenvalue weighted by atomic mass is 10.3. The van der Waals surface area contributed by atoms with Gasteiger partial charge >= 0.3 is 0 Å². The highest BCUT2D eigenvalue weighted by molar-refractivity contribution is 5.37. The Bertz CT molecular complexity index is 476. The fraction of sp³-hybridized carbons (Fsp3) is 0.357. The van der Waals surface area contributed by atoms with Gasteiger partial charge in [-0.25, -0.2) is 4.98 Å². The Morgan fingerprint density at radius 3 is 2.72 bits per heavy atom. The molecule has 1 aromatic heterocycles. The number of benzene rings is 1. The number of rotatable bonds is 6. The minimum Gasteiger partial charge on any atom is -0.494 e. The second-order valence-electron chi connectivity index (χ2n) is 4.14. The number of hydrogen-bond donors (Lipinski definition) is 1. The summed E-state index contributed by atoms with van der Waals surface area (Å²) in [5.74, 6) is 0.913. The molecular weight excluding hydrogens is 226 g/mol. The Kier molecular flexibility index (Phi) is 4.36. The Hall–Kier alpha value is -1.81. The third kappa shape index (κ3) is 3.11. The van der Waals surface area contributed by atoms with Crippen molar-refractivity contribution in [1.29, 1.82) is 0 Å². The van der Waals surface area contributed by atoms with Crippen LogP contribution in [0.5, 0.6) is 5.75 Å². The molecule has 0 aliphatic carbocycles. The van der Waals surface area contributed by atoms with E-state index in [2.05, 4.69) is 17.2 Å². The molecule has 0 radical (unpaired) electrons. The first-order chi connectivity index (χ1) is 8.83. The van der Waals surface area contributed by atoms with Gasteiger partial charge in [-0.2, -0.15) is 0 Å². The zero-order valence-electron chi connectivity index (χ0n) is 10.9. The highest BCUT2D eigenvalue weighted by Gasteiger charge is 2.00. The number of nitrogens with zero attached hydrogens (tertiary/aromatic N) is 2. The van der Waals surface area contributed by atoms with Crippen LogP contribution in [0.3, 0.4) is 0 Å². The van der Waals surface area contributed by atoms with Crippen LogP contribution in [0, 0.1) is 0 Å². The summed E-state index contributed by atoms with van der Waals surface area (Å²) in [6.45, 7) is 3.64. The van der Waals surface area contributed by atoms with Crippen molar-refractivity contribution in [3.8, 4) is 11.4 Å². The van der Waals surface area contributed by atoms with E-state index in [9.17, 15) is 0 Å². The highest BCUT2D eigenvalue weighted by Crippen LogP contribution is 2.15. The number of imidazole rings is 1. The fourth-order valence-electron chi connectivity index (χ4n) is 1.71. The van der Waals surface area contributed by atoms with Crippen molar-refractivity contribution >= 4 is 0 Å². The summed E-state index contributed by atoms with van der Waals surface area (Å²) in [6.07, 6.45) is 4.88. The molecule has 0 aliphatic rings. The van der Waals surface area contributed by atoms with Gasteiger partial charge in [0.2, 0.25) is 0 Å². The summed E-state index contributed by atoms with van der Waals surface area (Å²) in [4.78, 5) is 4.32. The third-order valence-corrected chi connectivity index (χ3v) is 2.60. The lowest BCUT2D eigenvalue weighted by Gasteiger charge is -2.06. The largest absolute Gasteiger partial charge is 0.494 e. The molecule has 1 heterocycles. The molecular formula is C14H19N3O. The van der Waals surface area contributed by atoms with Gasteiger partial charge in [-0.3, -0.25) is 0 Å². The molecule has 4 heteroatoms. The topological polar surface area (TPSA) is 39.1 Å². The van der Waals surface area contributed by atoms with E-state index in [1.54, 1.807) is 0 Å². The first-order valence-corrected chi connectivity index (χ1v) is 6.24. The second-order valence-corrected chi connectivity index (χ2v) is 4.14. The number of hydrogen-bond acceptors (Lipinski definition) is 3. The quantitative estimate of drug-likeness (QED) is 0.849. The second kappa shape index (κ2) is 6.21. The van der Waals surface area contributed by atoms with Crippen LogP contribution in [-0.4, -0.2) is 23.2 Å². The van der Waals surface area contributed by atoms with Gasteiger partial charge < -0.3 is 14.6 Å². The van der Waals surface area contributed by atoms with E-state index in [-0.39, 0.29) is 0 Å². The number of ether oxygens (including phenoxy) is 1. The molecule has 0 bridgehead atoms. The Morgan fingerprint density at radius 2 is 2.06 bits per heavy atom. The molecule has 18 heavy (non-hydrogen) atoms. The Balaban J connectivity index is 2.07. The average molecular weight is 245 g/mol. The average Bonchev–Trinajstić information content (AvgIpc) is 2.86. The minimum atomic E-state index is 0.761. The van der Waals surface area contributed by atoms with Crippen LogP contribution < -0.4 is 10.1 Å². The van der Waals surface area contributed by atoms with Crippen molar-refractivity contribution in [2.45, 2.75) is 19.9 Å². The molecule has 2 rings (SSSR count). The summed E-state index contributed by atoms with van der Waals surface area (Å²) in [7, 11) is 1.92. The van der Waals surface area contributed by atoms with Crippen molar-refractivity contribution < 1.29 is 4.74 Å². The highest BCUT2D eigenvalue weighted by atomic mass is 16.5. The van der Waals surface area contributed by atoms with Crippen LogP contribution in [0.15, 0.2) is 36.8 Å². The lowest BCUT2D eigenvalue weighted by Crippen LogP contribution is -2.04. The van der Waals surface area contributed by atoms with Crippen molar-refractivity contribution in [1.82, 2.24) is 14.9 Å². The fourth-order valence-corrected chi connectivity index (χ4v) is 1.71. The molecule has 0 atom stereocenters. The molecule has 0 saturated heterocycles. The number of aromatic nitrogens is 2. The summed E-state index contributed by atoms with van der Waals surface area (Å²) in [6, 6.07) is 8.05. The van der Waals surface area contributed by atoms with Gasteiger partial charge in [-0.1, -0.05) is 6.92 Å². The molecule has 0 saturated carbocycles. The first kappa shape index (κ1) is 12.6. The van der Waals surface area contributed by atoms with Gasteiger partial charge in [0.25, 0.3) is 0 Å². The molecule has 0 aliphatic heterocycles. The SMILES string of the molecule is CCCOc1ccc(-n2cnc(CNC)c2)cc1. The third-order valence-electron chi connectivity index (χ3n) is 2.60. The molecule has 0 amide bonds. The first-order valence-electron chi connectivity index (χ1n) is 6.24. The molecule has 0 spiro atoms. The zero-order chi connectivity index (χ0) is 12.8. The molecule has 4 nitrogen and oxygen atoms in total. The molecule has 2 aromatic rings. The van der Waals surface area contributed by atoms with Crippen LogP contribution in [0.4, 0.5) is 0 Å². The zero-order valence-corrected chi connectivity index (χ0v) is 10.9. The maximum atomic E-state index is 5.55. The van der Waals surface area contributed by atoms with E-state index in [0.717, 1.165) is 36.7 Å². The van der Waals surface area contributed by atoms with Crippen molar-refractivity contribution in [2.75, 3.05) is 13.7 Å². The van der Waals surface area contributed by atoms with Gasteiger partial charge in [0.15, 0.2) is 0 Å². The maximum absolute atomic E-state index is 5.55. The maximum Gasteiger partial charge on any atom is 0.119 e. The van der Waals surface area contributed by atoms with E-state index >= 15 is 0 Å². The molecule has 1 N–H and O–H groups in total. The number of nitrogens with one attached hydrogen (secondary N) is 1. The predicted octanol–water partition coefficient (Wildman–Crippen LogP) is 2.38. The van der Waals surface area contributed by atoms with Crippen LogP contribution in [0.2, 0.25) is 0 Å². The van der Waals surface area contributed by atoms with Gasteiger partial charge in [0, 0.05) is 18.4 Å². The van der Waals surface area contributed by atoms with E-state index in [1.165, 1.54) is 0 Å². The minimum absolute atomic E-state index is 0.761. The standard InChI is InChI=1S/C14H19N3O/c1-3-8-18-14-6-4-13(5-7-14)17-10-12(9-15-2)16-11-17/h4-7,10-11,15H,3,8-9H2,1-2H3. The summed E-state index contributed by atoms with van der Waals surface area (Å²) in [5.41, 5.74) is 2.12. The molecule has 96 valence electrons. The van der Waals surface area contributed by atoms with Crippen LogP contribution in [-0.2, 0) is 6.54 Å². The predicted molar refractivity (Wildman–Crippen MR) is 72.1 cm³/mol. The van der Waals surface area contributed by atoms with Gasteiger partial charge in [-0.15, -0.1) is 0 Å². The van der Waals surface area contributed by atoms with Crippen LogP contribution in [0.25, 0.3) is 5.69 Å². The summed E-state index contributed by atoms with van der Waals surface area (Å²) < 4.78 is 7.57. The van der Waals surface area contributed by atoms with Gasteiger partial charge in [0.05, 0.1) is 18.6 Å². The molecule has 0 unspecified atom stereocenters. The smallest absolute Gasteiger partial charge is 0.119 e. The van der Waals surface area contributed by atoms with E-state index in [4.69, 9.17) is 4.74 Å². The van der Waals surface area contributed by atoms with Crippen molar-refractivity contribution in [3.63, 3.8) is 0 Å². The summed E-state index contributed by atoms with van der Waals surface area (Å²) in [5, 5.41) is 3.09. The molecule has 0 fully saturated rings. The monoisotopic (exact) mass is 245 g/mol. The lowest BCUT2D eigenvalue weighted by molar-refractivity contribution is 0.317. The van der Waals surface area contributed by atoms with Crippen LogP contribution >= 0.6 is 0 Å². The van der Waals surface area contributed by atoms with Crippen molar-refractivity contribution in [2.24, 2.45) is 0 Å². The van der Waals surface area contributed by atoms with E-state index in [0.29, 0.717) is 0 Å². The van der Waals surface area contributed by atoms with Crippen molar-refractivity contribution in [3.05, 3.63) is 42.5 Å². The van der Waals surface area contributed by atoms with Gasteiger partial charge in [0.1, 0.15) is 5.75 Å². The van der Waals surface area contributed by atoms with Crippen LogP contribution in [0.1, 0.15) is 19.0 Å². The normalized spacial score (nSPS) is 10.6. The van der Waals surface area contributed by atoms with E-state index in [1.807, 2.05) is 48.4 Å². The van der Waals surface area contributed by atoms with E-state index < -0.39 is 0 Å². The molecule has 1 aromatic carbocycles.